The number of primary amides is 1. The number of anilines is 1. The summed E-state index contributed by atoms with van der Waals surface area (Å²) in [5.74, 6) is 0.927. The molecule has 7 heteroatoms. The van der Waals surface area contributed by atoms with Gasteiger partial charge >= 0.3 is 0 Å². The maximum atomic E-state index is 12.3. The van der Waals surface area contributed by atoms with Gasteiger partial charge < -0.3 is 15.4 Å². The Bertz CT molecular complexity index is 1400. The lowest BCUT2D eigenvalue weighted by atomic mass is 10.1. The van der Waals surface area contributed by atoms with Gasteiger partial charge in [-0.25, -0.2) is 9.50 Å². The average Bonchev–Trinajstić information content (AvgIpc) is 3.30. The van der Waals surface area contributed by atoms with Gasteiger partial charge in [-0.05, 0) is 54.6 Å². The van der Waals surface area contributed by atoms with E-state index < -0.39 is 5.91 Å². The van der Waals surface area contributed by atoms with E-state index in [0.717, 1.165) is 28.0 Å². The first kappa shape index (κ1) is 18.7. The second-order valence-corrected chi connectivity index (χ2v) is 7.50. The summed E-state index contributed by atoms with van der Waals surface area (Å²) in [6.45, 7) is 0. The Kier molecular flexibility index (Phi) is 4.36. The lowest BCUT2D eigenvalue weighted by Crippen LogP contribution is -2.12. The molecule has 0 saturated carbocycles. The zero-order valence-corrected chi connectivity index (χ0v) is 17.2. The van der Waals surface area contributed by atoms with Crippen LogP contribution in [0.2, 0.25) is 0 Å². The molecule has 0 saturated heterocycles. The summed E-state index contributed by atoms with van der Waals surface area (Å²) < 4.78 is 7.67. The number of para-hydroxylation sites is 1. The average molecular weight is 411 g/mol. The topological polar surface area (TPSA) is 88.7 Å². The lowest BCUT2D eigenvalue weighted by molar-refractivity contribution is 0.100. The number of nitrogens with zero attached hydrogens (tertiary/aromatic N) is 3. The van der Waals surface area contributed by atoms with Crippen LogP contribution < -0.4 is 15.4 Å². The van der Waals surface area contributed by atoms with E-state index in [2.05, 4.69) is 10.1 Å². The standard InChI is InChI=1S/C24H21N5O2/c1-28(2)16-10-13-19-20(14-16)29-24(26-19)21(23(25)30)22(27-29)15-8-11-18(12-9-15)31-17-6-4-3-5-7-17/h3-14,27H,1-2H3,(H2,25,30). The van der Waals surface area contributed by atoms with E-state index in [4.69, 9.17) is 10.5 Å². The fourth-order valence-corrected chi connectivity index (χ4v) is 3.66. The van der Waals surface area contributed by atoms with Gasteiger partial charge in [0.1, 0.15) is 17.1 Å². The van der Waals surface area contributed by atoms with Crippen LogP contribution >= 0.6 is 0 Å². The summed E-state index contributed by atoms with van der Waals surface area (Å²) in [5.41, 5.74) is 10.8. The van der Waals surface area contributed by atoms with Crippen LogP contribution in [0.25, 0.3) is 27.9 Å². The summed E-state index contributed by atoms with van der Waals surface area (Å²) in [6.07, 6.45) is 0. The largest absolute Gasteiger partial charge is 0.457 e. The minimum atomic E-state index is -0.533. The number of hydrogen-bond acceptors (Lipinski definition) is 4. The maximum absolute atomic E-state index is 12.3. The molecule has 5 aromatic rings. The van der Waals surface area contributed by atoms with Crippen molar-refractivity contribution in [2.24, 2.45) is 5.73 Å². The first-order valence-corrected chi connectivity index (χ1v) is 9.86. The summed E-state index contributed by atoms with van der Waals surface area (Å²) in [5, 5.41) is 3.31. The van der Waals surface area contributed by atoms with E-state index in [-0.39, 0.29) is 0 Å². The van der Waals surface area contributed by atoms with Crippen LogP contribution in [0.15, 0.2) is 72.8 Å². The fraction of sp³-hybridized carbons (Fsp3) is 0.0833. The molecule has 0 atom stereocenters. The minimum Gasteiger partial charge on any atom is -0.457 e. The number of imidazole rings is 1. The fourth-order valence-electron chi connectivity index (χ4n) is 3.66. The Morgan fingerprint density at radius 3 is 2.39 bits per heavy atom. The molecular weight excluding hydrogens is 390 g/mol. The Hall–Kier alpha value is -4.26. The van der Waals surface area contributed by atoms with Gasteiger partial charge in [0.05, 0.1) is 16.7 Å². The van der Waals surface area contributed by atoms with Crippen LogP contribution in [0.3, 0.4) is 0 Å². The van der Waals surface area contributed by atoms with Gasteiger partial charge in [-0.1, -0.05) is 18.2 Å². The number of carbonyl (C=O) groups excluding carboxylic acids is 1. The molecule has 2 heterocycles. The number of ether oxygens (including phenoxy) is 1. The molecule has 31 heavy (non-hydrogen) atoms. The van der Waals surface area contributed by atoms with E-state index >= 15 is 0 Å². The third kappa shape index (κ3) is 3.26. The molecule has 154 valence electrons. The minimum absolute atomic E-state index is 0.360. The molecule has 1 amide bonds. The zero-order chi connectivity index (χ0) is 21.5. The van der Waals surface area contributed by atoms with Crippen LogP contribution in [0.4, 0.5) is 5.69 Å². The number of hydrogen-bond donors (Lipinski definition) is 2. The molecule has 3 N–H and O–H groups in total. The molecule has 5 rings (SSSR count). The first-order chi connectivity index (χ1) is 15.0. The Morgan fingerprint density at radius 2 is 1.71 bits per heavy atom. The molecule has 3 aromatic carbocycles. The van der Waals surface area contributed by atoms with Crippen molar-refractivity contribution in [1.82, 2.24) is 14.6 Å². The first-order valence-electron chi connectivity index (χ1n) is 9.86. The van der Waals surface area contributed by atoms with E-state index in [1.165, 1.54) is 0 Å². The number of aromatic nitrogens is 3. The molecule has 0 aliphatic carbocycles. The smallest absolute Gasteiger partial charge is 0.254 e. The number of fused-ring (bicyclic) bond motifs is 3. The molecule has 0 fully saturated rings. The summed E-state index contributed by atoms with van der Waals surface area (Å²) >= 11 is 0. The Morgan fingerprint density at radius 1 is 1.00 bits per heavy atom. The molecule has 2 aromatic heterocycles. The van der Waals surface area contributed by atoms with Crippen molar-refractivity contribution in [3.8, 4) is 22.8 Å². The van der Waals surface area contributed by atoms with E-state index in [0.29, 0.717) is 22.7 Å². The molecular formula is C24H21N5O2. The van der Waals surface area contributed by atoms with Gasteiger partial charge in [0.2, 0.25) is 0 Å². The van der Waals surface area contributed by atoms with Crippen LogP contribution in [-0.2, 0) is 0 Å². The number of amides is 1. The SMILES string of the molecule is CN(C)c1ccc2nc3c(C(N)=O)c(-c4ccc(Oc5ccccc5)cc4)[nH]n3c2c1. The third-order valence-electron chi connectivity index (χ3n) is 5.22. The van der Waals surface area contributed by atoms with Gasteiger partial charge in [0.15, 0.2) is 5.65 Å². The lowest BCUT2D eigenvalue weighted by Gasteiger charge is -2.11. The van der Waals surface area contributed by atoms with Crippen molar-refractivity contribution in [1.29, 1.82) is 0 Å². The van der Waals surface area contributed by atoms with Crippen LogP contribution in [0.5, 0.6) is 11.5 Å². The monoisotopic (exact) mass is 411 g/mol. The predicted octanol–water partition coefficient (Wildman–Crippen LogP) is 4.44. The van der Waals surface area contributed by atoms with Crippen molar-refractivity contribution in [2.45, 2.75) is 0 Å². The second-order valence-electron chi connectivity index (χ2n) is 7.50. The molecule has 0 aliphatic rings. The quantitative estimate of drug-likeness (QED) is 0.447. The molecule has 0 bridgehead atoms. The van der Waals surface area contributed by atoms with Gasteiger partial charge in [-0.3, -0.25) is 9.89 Å². The second kappa shape index (κ2) is 7.21. The normalized spacial score (nSPS) is 11.2. The summed E-state index contributed by atoms with van der Waals surface area (Å²) in [7, 11) is 3.96. The van der Waals surface area contributed by atoms with Crippen molar-refractivity contribution >= 4 is 28.3 Å². The highest BCUT2D eigenvalue weighted by atomic mass is 16.5. The molecule has 0 spiro atoms. The highest BCUT2D eigenvalue weighted by molar-refractivity contribution is 6.06. The molecule has 0 aliphatic heterocycles. The van der Waals surface area contributed by atoms with Crippen LogP contribution in [0.1, 0.15) is 10.4 Å². The van der Waals surface area contributed by atoms with Gasteiger partial charge in [-0.2, -0.15) is 0 Å². The summed E-state index contributed by atoms with van der Waals surface area (Å²) in [6, 6.07) is 23.0. The van der Waals surface area contributed by atoms with Gasteiger partial charge in [0.25, 0.3) is 5.91 Å². The predicted molar refractivity (Wildman–Crippen MR) is 122 cm³/mol. The van der Waals surface area contributed by atoms with Gasteiger partial charge in [-0.15, -0.1) is 0 Å². The van der Waals surface area contributed by atoms with E-state index in [9.17, 15) is 4.79 Å². The highest BCUT2D eigenvalue weighted by Crippen LogP contribution is 2.31. The Balaban J connectivity index is 1.59. The third-order valence-corrected chi connectivity index (χ3v) is 5.22. The van der Waals surface area contributed by atoms with Crippen molar-refractivity contribution < 1.29 is 9.53 Å². The zero-order valence-electron chi connectivity index (χ0n) is 17.2. The number of nitrogens with one attached hydrogen (secondary N) is 1. The van der Waals surface area contributed by atoms with Crippen molar-refractivity contribution in [3.05, 3.63) is 78.4 Å². The number of rotatable bonds is 5. The van der Waals surface area contributed by atoms with E-state index in [1.54, 1.807) is 0 Å². The van der Waals surface area contributed by atoms with Crippen LogP contribution in [-0.4, -0.2) is 34.6 Å². The molecule has 0 unspecified atom stereocenters. The van der Waals surface area contributed by atoms with Gasteiger partial charge in [0, 0.05) is 25.3 Å². The van der Waals surface area contributed by atoms with Crippen molar-refractivity contribution in [2.75, 3.05) is 19.0 Å². The summed E-state index contributed by atoms with van der Waals surface area (Å²) in [4.78, 5) is 19.0. The van der Waals surface area contributed by atoms with Crippen molar-refractivity contribution in [3.63, 3.8) is 0 Å². The van der Waals surface area contributed by atoms with Crippen LogP contribution in [0, 0.1) is 0 Å². The number of nitrogens with two attached hydrogens (primary N) is 1. The number of benzene rings is 3. The molecule has 7 nitrogen and oxygen atoms in total. The highest BCUT2D eigenvalue weighted by Gasteiger charge is 2.22. The number of carbonyl (C=O) groups is 1. The number of aromatic amines is 1. The van der Waals surface area contributed by atoms with E-state index in [1.807, 2.05) is 96.3 Å². The number of H-pyrrole nitrogens is 1. The molecule has 0 radical (unpaired) electrons. The Labute approximate surface area is 178 Å². The maximum Gasteiger partial charge on any atom is 0.254 e.